The van der Waals surface area contributed by atoms with E-state index in [1.165, 1.54) is 11.3 Å². The van der Waals surface area contributed by atoms with Crippen LogP contribution < -0.4 is 5.32 Å². The molecule has 0 saturated carbocycles. The number of carboxylic acids is 1. The van der Waals surface area contributed by atoms with E-state index in [0.29, 0.717) is 25.4 Å². The van der Waals surface area contributed by atoms with E-state index in [2.05, 4.69) is 10.3 Å². The summed E-state index contributed by atoms with van der Waals surface area (Å²) in [5, 5.41) is 13.5. The SMILES string of the molecule is O=C(O)CCC1CCCN(C(=O)NCc2cscn2)C1. The van der Waals surface area contributed by atoms with E-state index in [1.54, 1.807) is 10.4 Å². The van der Waals surface area contributed by atoms with Crippen LogP contribution in [0.5, 0.6) is 0 Å². The molecular formula is C13H19N3O3S. The van der Waals surface area contributed by atoms with Gasteiger partial charge in [-0.25, -0.2) is 9.78 Å². The average molecular weight is 297 g/mol. The largest absolute Gasteiger partial charge is 0.481 e. The smallest absolute Gasteiger partial charge is 0.317 e. The van der Waals surface area contributed by atoms with Crippen LogP contribution in [-0.4, -0.2) is 40.1 Å². The number of carbonyl (C=O) groups is 2. The highest BCUT2D eigenvalue weighted by Crippen LogP contribution is 2.21. The fraction of sp³-hybridized carbons (Fsp3) is 0.615. The van der Waals surface area contributed by atoms with E-state index < -0.39 is 5.97 Å². The van der Waals surface area contributed by atoms with E-state index in [9.17, 15) is 9.59 Å². The molecule has 1 aromatic heterocycles. The number of aromatic nitrogens is 1. The van der Waals surface area contributed by atoms with Gasteiger partial charge in [-0.3, -0.25) is 4.79 Å². The van der Waals surface area contributed by atoms with Crippen molar-refractivity contribution in [3.05, 3.63) is 16.6 Å². The predicted octanol–water partition coefficient (Wildman–Crippen LogP) is 1.93. The van der Waals surface area contributed by atoms with Crippen molar-refractivity contribution in [2.24, 2.45) is 5.92 Å². The maximum absolute atomic E-state index is 12.1. The number of nitrogens with zero attached hydrogens (tertiary/aromatic N) is 2. The Labute approximate surface area is 121 Å². The lowest BCUT2D eigenvalue weighted by atomic mass is 9.93. The van der Waals surface area contributed by atoms with Gasteiger partial charge in [-0.15, -0.1) is 11.3 Å². The zero-order valence-corrected chi connectivity index (χ0v) is 12.1. The van der Waals surface area contributed by atoms with Crippen LogP contribution >= 0.6 is 11.3 Å². The molecule has 1 fully saturated rings. The minimum atomic E-state index is -0.768. The Kier molecular flexibility index (Phi) is 5.34. The van der Waals surface area contributed by atoms with E-state index in [0.717, 1.165) is 25.1 Å². The summed E-state index contributed by atoms with van der Waals surface area (Å²) in [5.41, 5.74) is 2.60. The molecule has 1 atom stereocenters. The van der Waals surface area contributed by atoms with Crippen molar-refractivity contribution in [2.45, 2.75) is 32.2 Å². The second kappa shape index (κ2) is 7.23. The summed E-state index contributed by atoms with van der Waals surface area (Å²) >= 11 is 1.50. The van der Waals surface area contributed by atoms with Gasteiger partial charge < -0.3 is 15.3 Å². The number of amides is 2. The van der Waals surface area contributed by atoms with Gasteiger partial charge in [0.05, 0.1) is 17.7 Å². The first-order valence-corrected chi connectivity index (χ1v) is 7.71. The Balaban J connectivity index is 1.76. The number of likely N-dealkylation sites (tertiary alicyclic amines) is 1. The van der Waals surface area contributed by atoms with Gasteiger partial charge >= 0.3 is 12.0 Å². The first-order chi connectivity index (χ1) is 9.65. The molecule has 0 aromatic carbocycles. The summed E-state index contributed by atoms with van der Waals surface area (Å²) in [4.78, 5) is 28.5. The Morgan fingerprint density at radius 2 is 2.40 bits per heavy atom. The molecular weight excluding hydrogens is 278 g/mol. The highest BCUT2D eigenvalue weighted by molar-refractivity contribution is 7.07. The highest BCUT2D eigenvalue weighted by atomic mass is 32.1. The van der Waals surface area contributed by atoms with Crippen LogP contribution in [0.15, 0.2) is 10.9 Å². The summed E-state index contributed by atoms with van der Waals surface area (Å²) < 4.78 is 0. The first kappa shape index (κ1) is 14.8. The number of aliphatic carboxylic acids is 1. The molecule has 1 saturated heterocycles. The fourth-order valence-electron chi connectivity index (χ4n) is 2.42. The lowest BCUT2D eigenvalue weighted by molar-refractivity contribution is -0.137. The topological polar surface area (TPSA) is 82.5 Å². The zero-order valence-electron chi connectivity index (χ0n) is 11.2. The second-order valence-electron chi connectivity index (χ2n) is 5.03. The monoisotopic (exact) mass is 297 g/mol. The molecule has 1 aliphatic heterocycles. The highest BCUT2D eigenvalue weighted by Gasteiger charge is 2.23. The first-order valence-electron chi connectivity index (χ1n) is 6.77. The van der Waals surface area contributed by atoms with Crippen LogP contribution in [0, 0.1) is 5.92 Å². The van der Waals surface area contributed by atoms with Crippen LogP contribution in [0.2, 0.25) is 0 Å². The molecule has 0 aliphatic carbocycles. The molecule has 7 heteroatoms. The van der Waals surface area contributed by atoms with Gasteiger partial charge in [-0.05, 0) is 25.2 Å². The van der Waals surface area contributed by atoms with Crippen LogP contribution in [-0.2, 0) is 11.3 Å². The van der Waals surface area contributed by atoms with Gasteiger partial charge in [0.2, 0.25) is 0 Å². The summed E-state index contributed by atoms with van der Waals surface area (Å²) in [6, 6.07) is -0.0852. The maximum atomic E-state index is 12.1. The fourth-order valence-corrected chi connectivity index (χ4v) is 2.97. The van der Waals surface area contributed by atoms with Crippen molar-refractivity contribution in [1.29, 1.82) is 0 Å². The Morgan fingerprint density at radius 3 is 3.10 bits per heavy atom. The Morgan fingerprint density at radius 1 is 1.55 bits per heavy atom. The molecule has 2 N–H and O–H groups in total. The molecule has 0 spiro atoms. The summed E-state index contributed by atoms with van der Waals surface area (Å²) in [7, 11) is 0. The van der Waals surface area contributed by atoms with Crippen LogP contribution in [0.25, 0.3) is 0 Å². The summed E-state index contributed by atoms with van der Waals surface area (Å²) in [5.74, 6) is -0.472. The molecule has 0 bridgehead atoms. The lowest BCUT2D eigenvalue weighted by Crippen LogP contribution is -2.45. The van der Waals surface area contributed by atoms with Gasteiger partial charge in [-0.1, -0.05) is 0 Å². The molecule has 2 amide bonds. The molecule has 0 radical (unpaired) electrons. The summed E-state index contributed by atoms with van der Waals surface area (Å²) in [6.07, 6.45) is 2.77. The van der Waals surface area contributed by atoms with Crippen molar-refractivity contribution >= 4 is 23.3 Å². The number of piperidine rings is 1. The average Bonchev–Trinajstić information content (AvgIpc) is 2.96. The number of hydrogen-bond acceptors (Lipinski definition) is 4. The third-order valence-electron chi connectivity index (χ3n) is 3.48. The molecule has 20 heavy (non-hydrogen) atoms. The van der Waals surface area contributed by atoms with Crippen LogP contribution in [0.4, 0.5) is 4.79 Å². The molecule has 6 nitrogen and oxygen atoms in total. The molecule has 110 valence electrons. The molecule has 1 unspecified atom stereocenters. The standard InChI is InChI=1S/C13H19N3O3S/c17-12(18)4-3-10-2-1-5-16(7-10)13(19)14-6-11-8-20-9-15-11/h8-10H,1-7H2,(H,14,19)(H,17,18). The van der Waals surface area contributed by atoms with Gasteiger partial charge in [0, 0.05) is 24.9 Å². The minimum Gasteiger partial charge on any atom is -0.481 e. The quantitative estimate of drug-likeness (QED) is 0.870. The normalized spacial score (nSPS) is 18.8. The van der Waals surface area contributed by atoms with Crippen molar-refractivity contribution < 1.29 is 14.7 Å². The third-order valence-corrected chi connectivity index (χ3v) is 4.11. The van der Waals surface area contributed by atoms with Crippen molar-refractivity contribution in [2.75, 3.05) is 13.1 Å². The number of carboxylic acid groups (broad SMARTS) is 1. The van der Waals surface area contributed by atoms with Crippen molar-refractivity contribution in [3.8, 4) is 0 Å². The van der Waals surface area contributed by atoms with E-state index in [4.69, 9.17) is 5.11 Å². The molecule has 1 aliphatic rings. The molecule has 1 aromatic rings. The van der Waals surface area contributed by atoms with Gasteiger partial charge in [0.1, 0.15) is 0 Å². The molecule has 2 heterocycles. The third kappa shape index (κ3) is 4.48. The van der Waals surface area contributed by atoms with Gasteiger partial charge in [0.25, 0.3) is 0 Å². The van der Waals surface area contributed by atoms with E-state index in [-0.39, 0.29) is 12.5 Å². The van der Waals surface area contributed by atoms with Crippen molar-refractivity contribution in [1.82, 2.24) is 15.2 Å². The Hall–Kier alpha value is -1.63. The Bertz CT molecular complexity index is 450. The predicted molar refractivity (Wildman–Crippen MR) is 75.5 cm³/mol. The minimum absolute atomic E-state index is 0.0852. The number of rotatable bonds is 5. The summed E-state index contributed by atoms with van der Waals surface area (Å²) in [6.45, 7) is 1.83. The van der Waals surface area contributed by atoms with E-state index >= 15 is 0 Å². The zero-order chi connectivity index (χ0) is 14.4. The van der Waals surface area contributed by atoms with Crippen molar-refractivity contribution in [3.63, 3.8) is 0 Å². The maximum Gasteiger partial charge on any atom is 0.317 e. The van der Waals surface area contributed by atoms with Crippen LogP contribution in [0.3, 0.4) is 0 Å². The number of urea groups is 1. The number of carbonyl (C=O) groups excluding carboxylic acids is 1. The number of nitrogens with one attached hydrogen (secondary N) is 1. The number of thiazole rings is 1. The van der Waals surface area contributed by atoms with E-state index in [1.807, 2.05) is 5.38 Å². The van der Waals surface area contributed by atoms with Gasteiger partial charge in [-0.2, -0.15) is 0 Å². The lowest BCUT2D eigenvalue weighted by Gasteiger charge is -2.32. The molecule has 2 rings (SSSR count). The van der Waals surface area contributed by atoms with Gasteiger partial charge in [0.15, 0.2) is 0 Å². The number of hydrogen-bond donors (Lipinski definition) is 2. The van der Waals surface area contributed by atoms with Crippen LogP contribution in [0.1, 0.15) is 31.4 Å². The second-order valence-corrected chi connectivity index (χ2v) is 5.74.